The van der Waals surface area contributed by atoms with Gasteiger partial charge >= 0.3 is 5.69 Å². The zero-order valence-corrected chi connectivity index (χ0v) is 10.4. The second kappa shape index (κ2) is 5.63. The third-order valence-electron chi connectivity index (χ3n) is 2.33. The molecule has 0 saturated carbocycles. The molecular weight excluding hydrogens is 282 g/mol. The van der Waals surface area contributed by atoms with Crippen molar-refractivity contribution >= 4 is 10.0 Å². The maximum absolute atomic E-state index is 11.9. The Hall–Kier alpha value is -1.53. The van der Waals surface area contributed by atoms with Crippen LogP contribution in [0.4, 0.5) is 0 Å². The van der Waals surface area contributed by atoms with Crippen LogP contribution in [0.1, 0.15) is 0 Å². The first-order valence-electron chi connectivity index (χ1n) is 4.99. The van der Waals surface area contributed by atoms with E-state index in [0.717, 1.165) is 0 Å². The van der Waals surface area contributed by atoms with Gasteiger partial charge in [-0.3, -0.25) is 9.78 Å². The van der Waals surface area contributed by atoms with Gasteiger partial charge in [-0.25, -0.2) is 13.2 Å². The van der Waals surface area contributed by atoms with Crippen molar-refractivity contribution in [3.05, 3.63) is 27.0 Å². The third-order valence-corrected chi connectivity index (χ3v) is 3.92. The smallest absolute Gasteiger partial charge is 0.325 e. The summed E-state index contributed by atoms with van der Waals surface area (Å²) in [4.78, 5) is 25.0. The second-order valence-corrected chi connectivity index (χ2v) is 5.45. The van der Waals surface area contributed by atoms with E-state index >= 15 is 0 Å². The summed E-state index contributed by atoms with van der Waals surface area (Å²) in [6.07, 6.45) is 0.667. The van der Waals surface area contributed by atoms with Crippen molar-refractivity contribution in [1.82, 2.24) is 14.7 Å². The van der Waals surface area contributed by atoms with E-state index in [4.69, 9.17) is 15.3 Å². The number of rotatable bonds is 6. The van der Waals surface area contributed by atoms with Crippen LogP contribution in [0.15, 0.2) is 20.7 Å². The van der Waals surface area contributed by atoms with Gasteiger partial charge in [0.05, 0.1) is 19.8 Å². The standard InChI is InChI=1S/C8H13N3O7S/c12-2-8(3-13,4-14)11-19(17,18)5-1-9-7(16)10-6(5)15/h1,11-14H,2-4H2,(H2,9,10,15,16). The Balaban J connectivity index is 3.25. The number of nitrogens with one attached hydrogen (secondary N) is 3. The van der Waals surface area contributed by atoms with E-state index in [1.807, 2.05) is 9.71 Å². The summed E-state index contributed by atoms with van der Waals surface area (Å²) in [5.41, 5.74) is -3.97. The molecule has 1 heterocycles. The Kier molecular flexibility index (Phi) is 4.60. The molecular formula is C8H13N3O7S. The maximum atomic E-state index is 11.9. The van der Waals surface area contributed by atoms with E-state index in [9.17, 15) is 18.0 Å². The summed E-state index contributed by atoms with van der Waals surface area (Å²) >= 11 is 0. The fourth-order valence-corrected chi connectivity index (χ4v) is 2.57. The van der Waals surface area contributed by atoms with Gasteiger partial charge in [-0.05, 0) is 0 Å². The molecule has 0 saturated heterocycles. The Morgan fingerprint density at radius 1 is 1.16 bits per heavy atom. The Morgan fingerprint density at radius 2 is 1.68 bits per heavy atom. The van der Waals surface area contributed by atoms with Gasteiger partial charge in [0.25, 0.3) is 5.56 Å². The van der Waals surface area contributed by atoms with Crippen LogP contribution in [0.2, 0.25) is 0 Å². The molecule has 108 valence electrons. The highest BCUT2D eigenvalue weighted by Gasteiger charge is 2.35. The molecule has 6 N–H and O–H groups in total. The number of sulfonamides is 1. The predicted molar refractivity (Wildman–Crippen MR) is 62.0 cm³/mol. The van der Waals surface area contributed by atoms with E-state index in [-0.39, 0.29) is 0 Å². The van der Waals surface area contributed by atoms with Gasteiger partial charge in [-0.15, -0.1) is 0 Å². The molecule has 0 aliphatic heterocycles. The first-order valence-corrected chi connectivity index (χ1v) is 6.47. The lowest BCUT2D eigenvalue weighted by Crippen LogP contribution is -2.57. The summed E-state index contributed by atoms with van der Waals surface area (Å²) < 4.78 is 25.6. The van der Waals surface area contributed by atoms with E-state index in [1.54, 1.807) is 4.98 Å². The molecule has 19 heavy (non-hydrogen) atoms. The maximum Gasteiger partial charge on any atom is 0.325 e. The van der Waals surface area contributed by atoms with Crippen molar-refractivity contribution in [2.75, 3.05) is 19.8 Å². The van der Waals surface area contributed by atoms with Crippen LogP contribution in [0, 0.1) is 0 Å². The highest BCUT2D eigenvalue weighted by Crippen LogP contribution is 2.08. The quantitative estimate of drug-likeness (QED) is 0.310. The van der Waals surface area contributed by atoms with E-state index in [2.05, 4.69) is 0 Å². The molecule has 0 amide bonds. The summed E-state index contributed by atoms with van der Waals surface area (Å²) in [7, 11) is -4.45. The normalized spacial score (nSPS) is 12.6. The number of aromatic nitrogens is 2. The molecule has 0 bridgehead atoms. The van der Waals surface area contributed by atoms with Crippen LogP contribution in [0.25, 0.3) is 0 Å². The minimum atomic E-state index is -4.45. The zero-order chi connectivity index (χ0) is 14.7. The van der Waals surface area contributed by atoms with Gasteiger partial charge in [-0.2, -0.15) is 4.72 Å². The van der Waals surface area contributed by atoms with Crippen molar-refractivity contribution < 1.29 is 23.7 Å². The highest BCUT2D eigenvalue weighted by atomic mass is 32.2. The third kappa shape index (κ3) is 3.27. The van der Waals surface area contributed by atoms with Gasteiger partial charge in [0, 0.05) is 6.20 Å². The van der Waals surface area contributed by atoms with Crippen LogP contribution < -0.4 is 16.0 Å². The van der Waals surface area contributed by atoms with Gasteiger partial charge in [0.1, 0.15) is 5.54 Å². The first kappa shape index (κ1) is 15.5. The topological polar surface area (TPSA) is 173 Å². The van der Waals surface area contributed by atoms with Crippen LogP contribution in [-0.2, 0) is 10.0 Å². The molecule has 1 rings (SSSR count). The van der Waals surface area contributed by atoms with Crippen LogP contribution >= 0.6 is 0 Å². The molecule has 0 aromatic carbocycles. The number of aliphatic hydroxyl groups excluding tert-OH is 3. The molecule has 0 spiro atoms. The number of hydrogen-bond donors (Lipinski definition) is 6. The van der Waals surface area contributed by atoms with Crippen LogP contribution in [0.3, 0.4) is 0 Å². The Bertz CT molecular complexity index is 635. The highest BCUT2D eigenvalue weighted by molar-refractivity contribution is 7.89. The Morgan fingerprint density at radius 3 is 2.11 bits per heavy atom. The molecule has 1 aromatic heterocycles. The first-order chi connectivity index (χ1) is 8.80. The van der Waals surface area contributed by atoms with Crippen molar-refractivity contribution in [3.63, 3.8) is 0 Å². The number of aromatic amines is 2. The molecule has 1 aromatic rings. The van der Waals surface area contributed by atoms with Gasteiger partial charge < -0.3 is 20.3 Å². The molecule has 0 aliphatic carbocycles. The number of hydrogen-bond acceptors (Lipinski definition) is 7. The van der Waals surface area contributed by atoms with Crippen molar-refractivity contribution in [3.8, 4) is 0 Å². The average molecular weight is 295 g/mol. The summed E-state index contributed by atoms with van der Waals surface area (Å²) in [5.74, 6) is 0. The number of H-pyrrole nitrogens is 2. The Labute approximate surface area is 106 Å². The lowest BCUT2D eigenvalue weighted by atomic mass is 10.1. The van der Waals surface area contributed by atoms with E-state index < -0.39 is 51.5 Å². The minimum absolute atomic E-state index is 0.667. The van der Waals surface area contributed by atoms with Crippen molar-refractivity contribution in [2.45, 2.75) is 10.4 Å². The average Bonchev–Trinajstić information content (AvgIpc) is 2.35. The SMILES string of the molecule is O=c1[nH]cc(S(=O)(=O)NC(CO)(CO)CO)c(=O)[nH]1. The summed E-state index contributed by atoms with van der Waals surface area (Å²) in [6, 6.07) is 0. The summed E-state index contributed by atoms with van der Waals surface area (Å²) in [5, 5.41) is 27.0. The molecule has 0 unspecified atom stereocenters. The molecule has 0 radical (unpaired) electrons. The molecule has 10 nitrogen and oxygen atoms in total. The van der Waals surface area contributed by atoms with E-state index in [1.165, 1.54) is 0 Å². The second-order valence-electron chi connectivity index (χ2n) is 3.80. The van der Waals surface area contributed by atoms with Gasteiger partial charge in [-0.1, -0.05) is 0 Å². The predicted octanol–water partition coefficient (Wildman–Crippen LogP) is -3.94. The van der Waals surface area contributed by atoms with Gasteiger partial charge in [0.2, 0.25) is 10.0 Å². The molecule has 0 fully saturated rings. The molecule has 0 aliphatic rings. The van der Waals surface area contributed by atoms with E-state index in [0.29, 0.717) is 6.20 Å². The fraction of sp³-hybridized carbons (Fsp3) is 0.500. The summed E-state index contributed by atoms with van der Waals surface area (Å²) in [6.45, 7) is -2.67. The van der Waals surface area contributed by atoms with Crippen LogP contribution in [-0.4, -0.2) is 59.1 Å². The van der Waals surface area contributed by atoms with Crippen molar-refractivity contribution in [2.24, 2.45) is 0 Å². The number of aliphatic hydroxyl groups is 3. The van der Waals surface area contributed by atoms with Gasteiger partial charge in [0.15, 0.2) is 4.90 Å². The lowest BCUT2D eigenvalue weighted by Gasteiger charge is -2.27. The molecule has 0 atom stereocenters. The zero-order valence-electron chi connectivity index (χ0n) is 9.58. The fourth-order valence-electron chi connectivity index (χ4n) is 1.18. The molecule has 11 heteroatoms. The largest absolute Gasteiger partial charge is 0.394 e. The van der Waals surface area contributed by atoms with Crippen LogP contribution in [0.5, 0.6) is 0 Å². The van der Waals surface area contributed by atoms with Crippen molar-refractivity contribution in [1.29, 1.82) is 0 Å². The lowest BCUT2D eigenvalue weighted by molar-refractivity contribution is 0.0581. The minimum Gasteiger partial charge on any atom is -0.394 e. The monoisotopic (exact) mass is 295 g/mol.